The summed E-state index contributed by atoms with van der Waals surface area (Å²) in [6.07, 6.45) is 0. The molecule has 0 radical (unpaired) electrons. The predicted molar refractivity (Wildman–Crippen MR) is 20.7 cm³/mol. The summed E-state index contributed by atoms with van der Waals surface area (Å²) in [5.74, 6) is -3.14. The third-order valence-electron chi connectivity index (χ3n) is 0.371. The molecule has 0 aliphatic heterocycles. The normalized spacial score (nSPS) is 6.33. The maximum atomic E-state index is 9.60. The van der Waals surface area contributed by atoms with Crippen molar-refractivity contribution in [2.24, 2.45) is 0 Å². The van der Waals surface area contributed by atoms with Gasteiger partial charge in [-0.2, -0.15) is 0 Å². The predicted octanol–water partition coefficient (Wildman–Crippen LogP) is -6.52. The molecule has 48 valence electrons. The van der Waals surface area contributed by atoms with E-state index in [1.807, 2.05) is 0 Å². The molecule has 5 nitrogen and oxygen atoms in total. The van der Waals surface area contributed by atoms with E-state index < -0.39 is 18.4 Å². The molecular weight excluding hydrogens is 139 g/mol. The third-order valence-corrected chi connectivity index (χ3v) is 0.371. The summed E-state index contributed by atoms with van der Waals surface area (Å²) in [6, 6.07) is 0. The van der Waals surface area contributed by atoms with Gasteiger partial charge in [-0.25, -0.2) is 0 Å². The Morgan fingerprint density at radius 1 is 1.44 bits per heavy atom. The van der Waals surface area contributed by atoms with Crippen LogP contribution in [0.3, 0.4) is 0 Å². The third kappa shape index (κ3) is 8.06. The zero-order valence-electron chi connectivity index (χ0n) is 4.88. The maximum absolute atomic E-state index is 9.60. The van der Waals surface area contributed by atoms with Gasteiger partial charge in [0, 0.05) is 0 Å². The number of carboxylic acids is 1. The van der Waals surface area contributed by atoms with Crippen molar-refractivity contribution < 1.29 is 54.8 Å². The fourth-order valence-corrected chi connectivity index (χ4v) is 0.0645. The minimum atomic E-state index is -1.84. The van der Waals surface area contributed by atoms with Crippen LogP contribution < -0.4 is 34.7 Å². The molecule has 0 aromatic carbocycles. The average molecular weight is 144 g/mol. The van der Waals surface area contributed by atoms with E-state index in [1.165, 1.54) is 0 Å². The van der Waals surface area contributed by atoms with E-state index in [-0.39, 0.29) is 35.0 Å². The summed E-state index contributed by atoms with van der Waals surface area (Å²) in [5.41, 5.74) is 0. The van der Waals surface area contributed by atoms with Gasteiger partial charge in [-0.3, -0.25) is 4.79 Å². The number of carboxylic acid groups (broad SMARTS) is 1. The van der Waals surface area contributed by atoms with Gasteiger partial charge in [0.15, 0.2) is 0 Å². The van der Waals surface area contributed by atoms with Crippen LogP contribution in [0.1, 0.15) is 0 Å². The van der Waals surface area contributed by atoms with Crippen molar-refractivity contribution in [3.8, 4) is 0 Å². The quantitative estimate of drug-likeness (QED) is 0.307. The van der Waals surface area contributed by atoms with Crippen molar-refractivity contribution in [2.75, 3.05) is 6.61 Å². The Balaban J connectivity index is -0.000000180. The first kappa shape index (κ1) is 16.0. The van der Waals surface area contributed by atoms with E-state index in [2.05, 4.69) is 0 Å². The molecule has 0 spiro atoms. The Morgan fingerprint density at radius 3 is 1.78 bits per heavy atom. The molecule has 0 aliphatic rings. The number of carbonyl (C=O) groups is 2. The van der Waals surface area contributed by atoms with E-state index >= 15 is 0 Å². The molecule has 0 fully saturated rings. The number of aliphatic hydroxyl groups excluding tert-OH is 1. The molecule has 0 saturated heterocycles. The van der Waals surface area contributed by atoms with Crippen LogP contribution in [0, 0.1) is 0 Å². The van der Waals surface area contributed by atoms with Gasteiger partial charge in [-0.05, 0) is 0 Å². The molecule has 3 N–H and O–H groups in total. The van der Waals surface area contributed by atoms with Gasteiger partial charge >= 0.3 is 29.6 Å². The van der Waals surface area contributed by atoms with Crippen LogP contribution in [-0.2, 0) is 9.59 Å². The van der Waals surface area contributed by atoms with E-state index in [4.69, 9.17) is 5.11 Å². The van der Waals surface area contributed by atoms with E-state index in [0.29, 0.717) is 0 Å². The summed E-state index contributed by atoms with van der Waals surface area (Å²) < 4.78 is 0. The van der Waals surface area contributed by atoms with Gasteiger partial charge in [0.25, 0.3) is 0 Å². The number of Topliss-reactive ketones (excluding diaryl/α,β-unsaturated/α-hetero) is 1. The largest absolute Gasteiger partial charge is 1.00 e. The van der Waals surface area contributed by atoms with Crippen molar-refractivity contribution in [2.45, 2.75) is 0 Å². The smallest absolute Gasteiger partial charge is 0.542 e. The van der Waals surface area contributed by atoms with Crippen LogP contribution in [0.2, 0.25) is 0 Å². The second kappa shape index (κ2) is 8.06. The van der Waals surface area contributed by atoms with Crippen molar-refractivity contribution in [1.29, 1.82) is 0 Å². The zero-order chi connectivity index (χ0) is 5.86. The summed E-state index contributed by atoms with van der Waals surface area (Å²) >= 11 is 0. The SMILES string of the molecule is O.O=C([O-])C(=O)CO.[Na+]. The summed E-state index contributed by atoms with van der Waals surface area (Å²) in [5, 5.41) is 17.0. The second-order valence-corrected chi connectivity index (χ2v) is 0.869. The van der Waals surface area contributed by atoms with Crippen molar-refractivity contribution in [1.82, 2.24) is 0 Å². The molecule has 9 heavy (non-hydrogen) atoms. The van der Waals surface area contributed by atoms with Crippen molar-refractivity contribution in [3.05, 3.63) is 0 Å². The van der Waals surface area contributed by atoms with Crippen LogP contribution in [-0.4, -0.2) is 28.9 Å². The molecule has 0 bridgehead atoms. The van der Waals surface area contributed by atoms with Crippen LogP contribution in [0.4, 0.5) is 0 Å². The van der Waals surface area contributed by atoms with Crippen LogP contribution in [0.25, 0.3) is 0 Å². The van der Waals surface area contributed by atoms with Crippen LogP contribution in [0.5, 0.6) is 0 Å². The minimum Gasteiger partial charge on any atom is -0.542 e. The Bertz CT molecular complexity index is 100. The molecule has 0 heterocycles. The number of hydrogen-bond donors (Lipinski definition) is 1. The Morgan fingerprint density at radius 2 is 1.78 bits per heavy atom. The fraction of sp³-hybridized carbons (Fsp3) is 0.333. The molecule has 0 amide bonds. The second-order valence-electron chi connectivity index (χ2n) is 0.869. The first-order valence-electron chi connectivity index (χ1n) is 1.53. The molecule has 0 unspecified atom stereocenters. The number of aliphatic hydroxyl groups is 1. The van der Waals surface area contributed by atoms with Gasteiger partial charge in [-0.1, -0.05) is 0 Å². The summed E-state index contributed by atoms with van der Waals surface area (Å²) in [6.45, 7) is -0.984. The van der Waals surface area contributed by atoms with Gasteiger partial charge in [-0.15, -0.1) is 0 Å². The standard InChI is InChI=1S/C3H4O4.Na.H2O/c4-1-2(5)3(6)7;;/h4H,1H2,(H,6,7);;1H2/q;+1;/p-1. The van der Waals surface area contributed by atoms with Crippen LogP contribution in [0.15, 0.2) is 0 Å². The molecule has 0 rings (SSSR count). The Labute approximate surface area is 73.3 Å². The Kier molecular flexibility index (Phi) is 14.4. The maximum Gasteiger partial charge on any atom is 1.00 e. The van der Waals surface area contributed by atoms with Crippen LogP contribution >= 0.6 is 0 Å². The fourth-order valence-electron chi connectivity index (χ4n) is 0.0645. The van der Waals surface area contributed by atoms with Gasteiger partial charge < -0.3 is 20.5 Å². The van der Waals surface area contributed by atoms with Gasteiger partial charge in [0.05, 0.1) is 0 Å². The molecule has 0 saturated carbocycles. The number of ketones is 1. The molecule has 0 aromatic rings. The number of rotatable bonds is 2. The first-order valence-corrected chi connectivity index (χ1v) is 1.53. The van der Waals surface area contributed by atoms with E-state index in [9.17, 15) is 14.7 Å². The molecule has 0 aromatic heterocycles. The molecule has 0 aliphatic carbocycles. The molecular formula is C3H5NaO5. The molecule has 0 atom stereocenters. The zero-order valence-corrected chi connectivity index (χ0v) is 6.88. The van der Waals surface area contributed by atoms with Crippen molar-refractivity contribution >= 4 is 11.8 Å². The summed E-state index contributed by atoms with van der Waals surface area (Å²) in [4.78, 5) is 18.9. The van der Waals surface area contributed by atoms with Gasteiger partial charge in [0.2, 0.25) is 5.78 Å². The average Bonchev–Trinajstić information content (AvgIpc) is 1.65. The van der Waals surface area contributed by atoms with Crippen molar-refractivity contribution in [3.63, 3.8) is 0 Å². The number of carbonyl (C=O) groups excluding carboxylic acids is 2. The minimum absolute atomic E-state index is 0. The molecule has 6 heteroatoms. The Hall–Kier alpha value is 0.0600. The number of aliphatic carboxylic acids is 1. The van der Waals surface area contributed by atoms with E-state index in [1.54, 1.807) is 0 Å². The topological polar surface area (TPSA) is 109 Å². The first-order chi connectivity index (χ1) is 3.18. The summed E-state index contributed by atoms with van der Waals surface area (Å²) in [7, 11) is 0. The van der Waals surface area contributed by atoms with E-state index in [0.717, 1.165) is 0 Å². The number of hydrogen-bond acceptors (Lipinski definition) is 4. The van der Waals surface area contributed by atoms with Gasteiger partial charge in [0.1, 0.15) is 12.6 Å². The monoisotopic (exact) mass is 144 g/mol.